The van der Waals surface area contributed by atoms with Gasteiger partial charge in [-0.1, -0.05) is 6.08 Å². The van der Waals surface area contributed by atoms with E-state index in [2.05, 4.69) is 6.58 Å². The molecule has 1 saturated heterocycles. The van der Waals surface area contributed by atoms with Crippen molar-refractivity contribution in [2.75, 3.05) is 13.2 Å². The maximum atomic E-state index is 11.6. The highest BCUT2D eigenvalue weighted by Gasteiger charge is 2.48. The Hall–Kier alpha value is -0.630. The summed E-state index contributed by atoms with van der Waals surface area (Å²) in [5.41, 5.74) is -0.303. The van der Waals surface area contributed by atoms with E-state index < -0.39 is 0 Å². The van der Waals surface area contributed by atoms with E-state index in [1.807, 2.05) is 0 Å². The monoisotopic (exact) mass is 152 g/mol. The van der Waals surface area contributed by atoms with Crippen LogP contribution < -0.4 is 0 Å². The van der Waals surface area contributed by atoms with Crippen LogP contribution in [0.1, 0.15) is 12.8 Å². The molecular weight excluding hydrogens is 140 g/mol. The molecule has 11 heavy (non-hydrogen) atoms. The van der Waals surface area contributed by atoms with E-state index in [0.717, 1.165) is 12.8 Å². The van der Waals surface area contributed by atoms with Gasteiger partial charge in [-0.05, 0) is 12.8 Å². The van der Waals surface area contributed by atoms with E-state index in [1.54, 1.807) is 6.08 Å². The van der Waals surface area contributed by atoms with Crippen LogP contribution in [0.15, 0.2) is 12.7 Å². The second-order valence-corrected chi connectivity index (χ2v) is 3.48. The number of Topliss-reactive ketones (excluding diaryl/α,β-unsaturated/α-hetero) is 1. The normalized spacial score (nSPS) is 42.5. The average molecular weight is 152 g/mol. The molecule has 0 aromatic rings. The largest absolute Gasteiger partial charge is 0.379 e. The van der Waals surface area contributed by atoms with Crippen molar-refractivity contribution in [1.82, 2.24) is 0 Å². The van der Waals surface area contributed by atoms with E-state index in [1.165, 1.54) is 0 Å². The van der Waals surface area contributed by atoms with Crippen LogP contribution in [0.3, 0.4) is 0 Å². The third kappa shape index (κ3) is 0.791. The van der Waals surface area contributed by atoms with Gasteiger partial charge in [0.2, 0.25) is 0 Å². The van der Waals surface area contributed by atoms with Crippen LogP contribution in [-0.2, 0) is 9.53 Å². The van der Waals surface area contributed by atoms with Crippen LogP contribution in [0.5, 0.6) is 0 Å². The molecular formula is C9H12O2. The van der Waals surface area contributed by atoms with Gasteiger partial charge in [-0.25, -0.2) is 0 Å². The number of fused-ring (bicyclic) bond motifs is 2. The Morgan fingerprint density at radius 2 is 2.55 bits per heavy atom. The molecule has 2 rings (SSSR count). The van der Waals surface area contributed by atoms with E-state index in [-0.39, 0.29) is 11.3 Å². The second kappa shape index (κ2) is 2.18. The maximum absolute atomic E-state index is 11.6. The van der Waals surface area contributed by atoms with Crippen molar-refractivity contribution < 1.29 is 9.53 Å². The highest BCUT2D eigenvalue weighted by molar-refractivity contribution is 5.91. The fourth-order valence-electron chi connectivity index (χ4n) is 2.04. The van der Waals surface area contributed by atoms with Gasteiger partial charge in [0.05, 0.1) is 18.6 Å². The summed E-state index contributed by atoms with van der Waals surface area (Å²) < 4.78 is 5.33. The summed E-state index contributed by atoms with van der Waals surface area (Å²) in [4.78, 5) is 11.6. The minimum absolute atomic E-state index is 0.168. The van der Waals surface area contributed by atoms with Crippen LogP contribution in [-0.4, -0.2) is 19.0 Å². The number of ketones is 1. The molecule has 2 heteroatoms. The highest BCUT2D eigenvalue weighted by Crippen LogP contribution is 2.42. The molecule has 60 valence electrons. The summed E-state index contributed by atoms with van der Waals surface area (Å²) >= 11 is 0. The Morgan fingerprint density at radius 3 is 3.18 bits per heavy atom. The van der Waals surface area contributed by atoms with Crippen LogP contribution in [0.25, 0.3) is 0 Å². The summed E-state index contributed by atoms with van der Waals surface area (Å²) in [5.74, 6) is 0.528. The van der Waals surface area contributed by atoms with Gasteiger partial charge in [0.15, 0.2) is 0 Å². The molecule has 1 heterocycles. The standard InChI is InChI=1S/C9H12O2/c1-2-9-4-3-7(8(9)10)5-11-6-9/h2,7H,1,3-6H2. The van der Waals surface area contributed by atoms with E-state index in [9.17, 15) is 4.79 Å². The zero-order valence-electron chi connectivity index (χ0n) is 6.51. The lowest BCUT2D eigenvalue weighted by Gasteiger charge is -2.27. The molecule has 0 spiro atoms. The van der Waals surface area contributed by atoms with Gasteiger partial charge in [0.1, 0.15) is 5.78 Å². The molecule has 2 bridgehead atoms. The van der Waals surface area contributed by atoms with Crippen molar-refractivity contribution in [2.24, 2.45) is 11.3 Å². The first kappa shape index (κ1) is 7.04. The van der Waals surface area contributed by atoms with E-state index in [0.29, 0.717) is 19.0 Å². The smallest absolute Gasteiger partial charge is 0.150 e. The number of hydrogen-bond donors (Lipinski definition) is 0. The van der Waals surface area contributed by atoms with Gasteiger partial charge < -0.3 is 4.74 Å². The molecule has 2 fully saturated rings. The number of rotatable bonds is 1. The second-order valence-electron chi connectivity index (χ2n) is 3.48. The third-order valence-corrected chi connectivity index (χ3v) is 2.87. The van der Waals surface area contributed by atoms with Crippen molar-refractivity contribution in [3.8, 4) is 0 Å². The van der Waals surface area contributed by atoms with E-state index >= 15 is 0 Å². The molecule has 2 aliphatic rings. The Kier molecular flexibility index (Phi) is 1.39. The lowest BCUT2D eigenvalue weighted by atomic mass is 9.84. The highest BCUT2D eigenvalue weighted by atomic mass is 16.5. The average Bonchev–Trinajstić information content (AvgIpc) is 2.25. The molecule has 1 saturated carbocycles. The van der Waals surface area contributed by atoms with Gasteiger partial charge in [-0.3, -0.25) is 4.79 Å². The van der Waals surface area contributed by atoms with Crippen LogP contribution in [0, 0.1) is 11.3 Å². The summed E-state index contributed by atoms with van der Waals surface area (Å²) in [6.45, 7) is 4.90. The zero-order valence-corrected chi connectivity index (χ0v) is 6.51. The molecule has 1 aliphatic carbocycles. The van der Waals surface area contributed by atoms with Crippen LogP contribution >= 0.6 is 0 Å². The molecule has 0 N–H and O–H groups in total. The Balaban J connectivity index is 2.33. The van der Waals surface area contributed by atoms with Crippen molar-refractivity contribution in [2.45, 2.75) is 12.8 Å². The number of ether oxygens (including phenoxy) is 1. The fraction of sp³-hybridized carbons (Fsp3) is 0.667. The minimum Gasteiger partial charge on any atom is -0.379 e. The molecule has 1 aliphatic heterocycles. The lowest BCUT2D eigenvalue weighted by molar-refractivity contribution is -0.137. The van der Waals surface area contributed by atoms with Crippen LogP contribution in [0.4, 0.5) is 0 Å². The van der Waals surface area contributed by atoms with Gasteiger partial charge in [0, 0.05) is 5.92 Å². The van der Waals surface area contributed by atoms with Gasteiger partial charge in [-0.2, -0.15) is 0 Å². The Labute approximate surface area is 66.2 Å². The summed E-state index contributed by atoms with van der Waals surface area (Å²) in [7, 11) is 0. The molecule has 2 unspecified atom stereocenters. The van der Waals surface area contributed by atoms with Crippen molar-refractivity contribution in [3.63, 3.8) is 0 Å². The lowest BCUT2D eigenvalue weighted by Crippen LogP contribution is -2.37. The number of carbonyl (C=O) groups excluding carboxylic acids is 1. The molecule has 2 atom stereocenters. The van der Waals surface area contributed by atoms with Gasteiger partial charge in [0.25, 0.3) is 0 Å². The Morgan fingerprint density at radius 1 is 1.73 bits per heavy atom. The molecule has 0 radical (unpaired) electrons. The molecule has 0 aromatic carbocycles. The maximum Gasteiger partial charge on any atom is 0.150 e. The first-order valence-corrected chi connectivity index (χ1v) is 4.04. The molecule has 0 aromatic heterocycles. The summed E-state index contributed by atoms with van der Waals surface area (Å²) in [5, 5.41) is 0. The number of carbonyl (C=O) groups is 1. The zero-order chi connectivity index (χ0) is 7.90. The quantitative estimate of drug-likeness (QED) is 0.527. The van der Waals surface area contributed by atoms with Crippen molar-refractivity contribution >= 4 is 5.78 Å². The predicted octanol–water partition coefficient (Wildman–Crippen LogP) is 1.17. The van der Waals surface area contributed by atoms with Crippen molar-refractivity contribution in [1.29, 1.82) is 0 Å². The Bertz CT molecular complexity index is 206. The first-order chi connectivity index (χ1) is 5.28. The van der Waals surface area contributed by atoms with Crippen LogP contribution in [0.2, 0.25) is 0 Å². The fourth-order valence-corrected chi connectivity index (χ4v) is 2.04. The van der Waals surface area contributed by atoms with Gasteiger partial charge >= 0.3 is 0 Å². The number of hydrogen-bond acceptors (Lipinski definition) is 2. The summed E-state index contributed by atoms with van der Waals surface area (Å²) in [6, 6.07) is 0. The predicted molar refractivity (Wildman–Crippen MR) is 41.2 cm³/mol. The first-order valence-electron chi connectivity index (χ1n) is 4.04. The summed E-state index contributed by atoms with van der Waals surface area (Å²) in [6.07, 6.45) is 3.71. The third-order valence-electron chi connectivity index (χ3n) is 2.87. The minimum atomic E-state index is -0.303. The SMILES string of the molecule is C=CC12CCC(COC1)C2=O. The van der Waals surface area contributed by atoms with E-state index in [4.69, 9.17) is 4.74 Å². The topological polar surface area (TPSA) is 26.3 Å². The molecule has 0 amide bonds. The van der Waals surface area contributed by atoms with Crippen molar-refractivity contribution in [3.05, 3.63) is 12.7 Å². The molecule has 2 nitrogen and oxygen atoms in total. The van der Waals surface area contributed by atoms with Gasteiger partial charge in [-0.15, -0.1) is 6.58 Å².